The average molecular weight is 275 g/mol. The van der Waals surface area contributed by atoms with Crippen LogP contribution in [0.3, 0.4) is 0 Å². The molecular weight excluding hydrogens is 259 g/mol. The number of alkyl halides is 1. The topological polar surface area (TPSA) is 9.23 Å². The first-order valence-corrected chi connectivity index (χ1v) is 6.02. The van der Waals surface area contributed by atoms with Crippen LogP contribution in [-0.4, -0.2) is 11.9 Å². The van der Waals surface area contributed by atoms with E-state index in [1.165, 1.54) is 12.1 Å². The summed E-state index contributed by atoms with van der Waals surface area (Å²) in [7, 11) is 0. The number of aryl methyl sites for hydroxylation is 1. The van der Waals surface area contributed by atoms with Crippen molar-refractivity contribution in [1.82, 2.24) is 0 Å². The molecule has 1 aromatic carbocycles. The summed E-state index contributed by atoms with van der Waals surface area (Å²) in [6.45, 7) is 6.69. The fraction of sp³-hybridized carbons (Fsp3) is 0.500. The Labute approximate surface area is 98.8 Å². The van der Waals surface area contributed by atoms with Gasteiger partial charge < -0.3 is 4.74 Å². The van der Waals surface area contributed by atoms with Crippen molar-refractivity contribution >= 4 is 15.9 Å². The molecule has 0 aliphatic rings. The molecule has 0 heterocycles. The molecule has 1 nitrogen and oxygen atoms in total. The van der Waals surface area contributed by atoms with E-state index in [2.05, 4.69) is 29.8 Å². The van der Waals surface area contributed by atoms with E-state index in [9.17, 15) is 4.39 Å². The molecule has 0 radical (unpaired) electrons. The lowest BCUT2D eigenvalue weighted by Crippen LogP contribution is -2.23. The monoisotopic (exact) mass is 274 g/mol. The van der Waals surface area contributed by atoms with E-state index in [0.29, 0.717) is 6.61 Å². The van der Waals surface area contributed by atoms with Gasteiger partial charge in [-0.05, 0) is 30.7 Å². The highest BCUT2D eigenvalue weighted by molar-refractivity contribution is 9.09. The maximum absolute atomic E-state index is 12.8. The Hall–Kier alpha value is -0.570. The van der Waals surface area contributed by atoms with Gasteiger partial charge in [0.25, 0.3) is 0 Å². The summed E-state index contributed by atoms with van der Waals surface area (Å²) < 4.78 is 18.5. The van der Waals surface area contributed by atoms with Crippen molar-refractivity contribution in [3.8, 4) is 5.75 Å². The fourth-order valence-corrected chi connectivity index (χ4v) is 1.25. The van der Waals surface area contributed by atoms with Gasteiger partial charge in [-0.1, -0.05) is 29.8 Å². The van der Waals surface area contributed by atoms with Gasteiger partial charge in [0.1, 0.15) is 11.6 Å². The Morgan fingerprint density at radius 3 is 2.60 bits per heavy atom. The number of halogens is 2. The predicted molar refractivity (Wildman–Crippen MR) is 64.2 cm³/mol. The molecule has 0 N–H and O–H groups in total. The molecule has 1 aromatic rings. The highest BCUT2D eigenvalue weighted by Crippen LogP contribution is 2.23. The molecule has 0 saturated heterocycles. The minimum absolute atomic E-state index is 0.0842. The van der Waals surface area contributed by atoms with Crippen LogP contribution >= 0.6 is 15.9 Å². The van der Waals surface area contributed by atoms with Crippen molar-refractivity contribution in [1.29, 1.82) is 0 Å². The van der Waals surface area contributed by atoms with E-state index >= 15 is 0 Å². The molecule has 0 fully saturated rings. The second-order valence-electron chi connectivity index (χ2n) is 4.50. The third-order valence-electron chi connectivity index (χ3n) is 2.12. The quantitative estimate of drug-likeness (QED) is 0.756. The van der Waals surface area contributed by atoms with Crippen molar-refractivity contribution in [2.75, 3.05) is 11.9 Å². The summed E-state index contributed by atoms with van der Waals surface area (Å²) in [4.78, 5) is 0. The van der Waals surface area contributed by atoms with E-state index < -0.39 is 0 Å². The minimum atomic E-state index is -0.223. The highest BCUT2D eigenvalue weighted by Gasteiger charge is 2.17. The van der Waals surface area contributed by atoms with Crippen LogP contribution in [0.25, 0.3) is 0 Å². The zero-order valence-corrected chi connectivity index (χ0v) is 10.9. The number of benzene rings is 1. The lowest BCUT2D eigenvalue weighted by molar-refractivity contribution is 0.202. The number of ether oxygens (including phenoxy) is 1. The van der Waals surface area contributed by atoms with Gasteiger partial charge in [-0.15, -0.1) is 0 Å². The molecule has 0 aliphatic carbocycles. The Kier molecular flexibility index (Phi) is 4.14. The zero-order chi connectivity index (χ0) is 11.5. The first-order valence-electron chi connectivity index (χ1n) is 4.89. The van der Waals surface area contributed by atoms with Crippen LogP contribution in [0.4, 0.5) is 4.39 Å². The molecule has 1 rings (SSSR count). The SMILES string of the molecule is Cc1cc(F)ccc1OCC(C)(C)CBr. The van der Waals surface area contributed by atoms with Crippen molar-refractivity contribution in [2.45, 2.75) is 20.8 Å². The maximum Gasteiger partial charge on any atom is 0.123 e. The van der Waals surface area contributed by atoms with Gasteiger partial charge >= 0.3 is 0 Å². The third-order valence-corrected chi connectivity index (χ3v) is 3.64. The lowest BCUT2D eigenvalue weighted by Gasteiger charge is -2.22. The van der Waals surface area contributed by atoms with Gasteiger partial charge in [-0.25, -0.2) is 4.39 Å². The van der Waals surface area contributed by atoms with Gasteiger partial charge in [0, 0.05) is 10.7 Å². The summed E-state index contributed by atoms with van der Waals surface area (Å²) in [5.41, 5.74) is 0.918. The fourth-order valence-electron chi connectivity index (χ4n) is 1.09. The van der Waals surface area contributed by atoms with E-state index in [1.54, 1.807) is 6.07 Å². The van der Waals surface area contributed by atoms with Crippen LogP contribution in [0.1, 0.15) is 19.4 Å². The molecule has 0 unspecified atom stereocenters. The van der Waals surface area contributed by atoms with Crippen LogP contribution < -0.4 is 4.74 Å². The average Bonchev–Trinajstić information content (AvgIpc) is 2.16. The van der Waals surface area contributed by atoms with Crippen molar-refractivity contribution in [3.63, 3.8) is 0 Å². The van der Waals surface area contributed by atoms with Crippen LogP contribution in [-0.2, 0) is 0 Å². The van der Waals surface area contributed by atoms with E-state index in [4.69, 9.17) is 4.74 Å². The lowest BCUT2D eigenvalue weighted by atomic mass is 9.98. The van der Waals surface area contributed by atoms with E-state index in [1.807, 2.05) is 6.92 Å². The smallest absolute Gasteiger partial charge is 0.123 e. The second kappa shape index (κ2) is 4.97. The van der Waals surface area contributed by atoms with Gasteiger partial charge in [-0.3, -0.25) is 0 Å². The molecule has 15 heavy (non-hydrogen) atoms. The largest absolute Gasteiger partial charge is 0.493 e. The van der Waals surface area contributed by atoms with Crippen LogP contribution in [0.5, 0.6) is 5.75 Å². The Morgan fingerprint density at radius 1 is 1.40 bits per heavy atom. The summed E-state index contributed by atoms with van der Waals surface area (Å²) in [6, 6.07) is 4.58. The zero-order valence-electron chi connectivity index (χ0n) is 9.31. The molecule has 0 atom stereocenters. The second-order valence-corrected chi connectivity index (χ2v) is 5.06. The minimum Gasteiger partial charge on any atom is -0.493 e. The summed E-state index contributed by atoms with van der Waals surface area (Å²) in [5, 5.41) is 0.875. The standard InChI is InChI=1S/C12H16BrFO/c1-9-6-10(14)4-5-11(9)15-8-12(2,3)7-13/h4-6H,7-8H2,1-3H3. The van der Waals surface area contributed by atoms with Gasteiger partial charge in [0.15, 0.2) is 0 Å². The van der Waals surface area contributed by atoms with Crippen molar-refractivity contribution in [3.05, 3.63) is 29.6 Å². The molecule has 0 amide bonds. The van der Waals surface area contributed by atoms with Crippen LogP contribution in [0.2, 0.25) is 0 Å². The first-order chi connectivity index (χ1) is 6.94. The molecule has 84 valence electrons. The molecule has 0 saturated carbocycles. The highest BCUT2D eigenvalue weighted by atomic mass is 79.9. The molecule has 3 heteroatoms. The van der Waals surface area contributed by atoms with Crippen LogP contribution in [0.15, 0.2) is 18.2 Å². The first kappa shape index (κ1) is 12.5. The Morgan fingerprint density at radius 2 is 2.07 bits per heavy atom. The normalized spacial score (nSPS) is 11.5. The molecule has 0 bridgehead atoms. The van der Waals surface area contributed by atoms with Gasteiger partial charge in [-0.2, -0.15) is 0 Å². The number of rotatable bonds is 4. The Bertz CT molecular complexity index is 336. The Balaban J connectivity index is 2.66. The van der Waals surface area contributed by atoms with E-state index in [-0.39, 0.29) is 11.2 Å². The molecule has 0 aliphatic heterocycles. The van der Waals surface area contributed by atoms with Gasteiger partial charge in [0.05, 0.1) is 6.61 Å². The summed E-state index contributed by atoms with van der Waals surface area (Å²) in [5.74, 6) is 0.532. The van der Waals surface area contributed by atoms with Crippen molar-refractivity contribution in [2.24, 2.45) is 5.41 Å². The molecular formula is C12H16BrFO. The van der Waals surface area contributed by atoms with Crippen LogP contribution in [0, 0.1) is 18.2 Å². The molecule has 0 aromatic heterocycles. The third kappa shape index (κ3) is 3.82. The van der Waals surface area contributed by atoms with Gasteiger partial charge in [0.2, 0.25) is 0 Å². The number of hydrogen-bond acceptors (Lipinski definition) is 1. The van der Waals surface area contributed by atoms with Crippen molar-refractivity contribution < 1.29 is 9.13 Å². The summed E-state index contributed by atoms with van der Waals surface area (Å²) in [6.07, 6.45) is 0. The number of hydrogen-bond donors (Lipinski definition) is 0. The summed E-state index contributed by atoms with van der Waals surface area (Å²) >= 11 is 3.43. The predicted octanol–water partition coefficient (Wildman–Crippen LogP) is 3.93. The molecule has 0 spiro atoms. The van der Waals surface area contributed by atoms with E-state index in [0.717, 1.165) is 16.6 Å². The maximum atomic E-state index is 12.8.